The van der Waals surface area contributed by atoms with E-state index in [9.17, 15) is 9.59 Å². The summed E-state index contributed by atoms with van der Waals surface area (Å²) >= 11 is 12.1. The summed E-state index contributed by atoms with van der Waals surface area (Å²) in [6.07, 6.45) is 0.0486. The summed E-state index contributed by atoms with van der Waals surface area (Å²) in [6.45, 7) is 3.42. The van der Waals surface area contributed by atoms with Crippen LogP contribution in [0.3, 0.4) is 0 Å². The van der Waals surface area contributed by atoms with Crippen molar-refractivity contribution in [3.63, 3.8) is 0 Å². The first-order valence-corrected chi connectivity index (χ1v) is 7.38. The molecule has 1 heterocycles. The van der Waals surface area contributed by atoms with E-state index in [1.807, 2.05) is 0 Å². The van der Waals surface area contributed by atoms with Crippen molar-refractivity contribution < 1.29 is 19.4 Å². The summed E-state index contributed by atoms with van der Waals surface area (Å²) in [5.41, 5.74) is 1.49. The zero-order chi connectivity index (χ0) is 16.4. The largest absolute Gasteiger partial charge is 0.490 e. The number of benzene rings is 1. The normalized spacial score (nSPS) is 14.8. The van der Waals surface area contributed by atoms with Gasteiger partial charge in [0.15, 0.2) is 0 Å². The number of hydrogen-bond acceptors (Lipinski definition) is 4. The number of ether oxygens (including phenoxy) is 1. The van der Waals surface area contributed by atoms with Gasteiger partial charge in [-0.05, 0) is 19.9 Å². The van der Waals surface area contributed by atoms with Gasteiger partial charge in [0, 0.05) is 11.6 Å². The van der Waals surface area contributed by atoms with Crippen molar-refractivity contribution in [1.29, 1.82) is 0 Å². The molecule has 1 aliphatic rings. The SMILES string of the molecule is CC(C)=C1CC(=O)N(c2cc(OCCO)c(Cl)cc2Cl)C1=O. The van der Waals surface area contributed by atoms with Crippen LogP contribution in [0, 0.1) is 0 Å². The Morgan fingerprint density at radius 2 is 1.95 bits per heavy atom. The van der Waals surface area contributed by atoms with Crippen LogP contribution in [-0.2, 0) is 9.59 Å². The zero-order valence-electron chi connectivity index (χ0n) is 12.2. The second-order valence-corrected chi connectivity index (χ2v) is 5.81. The first-order chi connectivity index (χ1) is 10.4. The third-order valence-electron chi connectivity index (χ3n) is 3.23. The molecule has 0 atom stereocenters. The minimum absolute atomic E-state index is 0.0436. The topological polar surface area (TPSA) is 66.8 Å². The van der Waals surface area contributed by atoms with Crippen LogP contribution in [0.25, 0.3) is 0 Å². The second-order valence-electron chi connectivity index (χ2n) is 5.00. The van der Waals surface area contributed by atoms with Gasteiger partial charge in [-0.1, -0.05) is 28.8 Å². The summed E-state index contributed by atoms with van der Waals surface area (Å²) in [5, 5.41) is 9.23. The van der Waals surface area contributed by atoms with Crippen LogP contribution in [0.2, 0.25) is 10.0 Å². The molecule has 5 nitrogen and oxygen atoms in total. The Labute approximate surface area is 138 Å². The lowest BCUT2D eigenvalue weighted by molar-refractivity contribution is -0.120. The van der Waals surface area contributed by atoms with Gasteiger partial charge in [-0.25, -0.2) is 4.90 Å². The molecule has 7 heteroatoms. The Morgan fingerprint density at radius 1 is 1.27 bits per heavy atom. The molecule has 0 spiro atoms. The van der Waals surface area contributed by atoms with Crippen molar-refractivity contribution in [3.05, 3.63) is 33.3 Å². The van der Waals surface area contributed by atoms with Crippen molar-refractivity contribution in [3.8, 4) is 5.75 Å². The number of rotatable bonds is 4. The minimum atomic E-state index is -0.387. The molecule has 1 aromatic carbocycles. The van der Waals surface area contributed by atoms with Crippen LogP contribution in [0.4, 0.5) is 5.69 Å². The van der Waals surface area contributed by atoms with Crippen molar-refractivity contribution in [2.24, 2.45) is 0 Å². The predicted molar refractivity (Wildman–Crippen MR) is 84.5 cm³/mol. The molecule has 0 aromatic heterocycles. The lowest BCUT2D eigenvalue weighted by atomic mass is 10.1. The van der Waals surface area contributed by atoms with Gasteiger partial charge < -0.3 is 9.84 Å². The highest BCUT2D eigenvalue weighted by molar-refractivity contribution is 6.39. The van der Waals surface area contributed by atoms with Gasteiger partial charge >= 0.3 is 0 Å². The number of hydrogen-bond donors (Lipinski definition) is 1. The maximum atomic E-state index is 12.4. The van der Waals surface area contributed by atoms with Gasteiger partial charge in [0.1, 0.15) is 12.4 Å². The van der Waals surface area contributed by atoms with Crippen LogP contribution in [-0.4, -0.2) is 30.1 Å². The number of halogens is 2. The third kappa shape index (κ3) is 3.11. The van der Waals surface area contributed by atoms with E-state index in [0.29, 0.717) is 5.57 Å². The highest BCUT2D eigenvalue weighted by Crippen LogP contribution is 2.39. The number of aliphatic hydroxyl groups excluding tert-OH is 1. The number of allylic oxidation sites excluding steroid dienone is 1. The van der Waals surface area contributed by atoms with Gasteiger partial charge in [-0.15, -0.1) is 0 Å². The van der Waals surface area contributed by atoms with E-state index in [1.165, 1.54) is 12.1 Å². The molecule has 1 N–H and O–H groups in total. The number of carbonyl (C=O) groups excluding carboxylic acids is 2. The molecule has 2 amide bonds. The molecule has 2 rings (SSSR count). The standard InChI is InChI=1S/C15H15Cl2NO4/c1-8(2)9-5-14(20)18(15(9)21)12-7-13(22-4-3-19)11(17)6-10(12)16/h6-7,19H,3-5H2,1-2H3. The molecule has 1 aliphatic heterocycles. The summed E-state index contributed by atoms with van der Waals surface area (Å²) in [7, 11) is 0. The molecule has 0 saturated carbocycles. The molecule has 1 fully saturated rings. The summed E-state index contributed by atoms with van der Waals surface area (Å²) in [6, 6.07) is 2.84. The Balaban J connectivity index is 2.46. The smallest absolute Gasteiger partial charge is 0.261 e. The first kappa shape index (κ1) is 16.8. The molecule has 0 radical (unpaired) electrons. The fourth-order valence-electron chi connectivity index (χ4n) is 2.14. The van der Waals surface area contributed by atoms with Crippen LogP contribution in [0.5, 0.6) is 5.75 Å². The van der Waals surface area contributed by atoms with E-state index < -0.39 is 0 Å². The highest BCUT2D eigenvalue weighted by atomic mass is 35.5. The molecule has 118 valence electrons. The monoisotopic (exact) mass is 343 g/mol. The number of carbonyl (C=O) groups is 2. The molecule has 0 unspecified atom stereocenters. The van der Waals surface area contributed by atoms with Crippen molar-refractivity contribution in [1.82, 2.24) is 0 Å². The minimum Gasteiger partial charge on any atom is -0.490 e. The van der Waals surface area contributed by atoms with Crippen molar-refractivity contribution in [2.75, 3.05) is 18.1 Å². The van der Waals surface area contributed by atoms with E-state index in [4.69, 9.17) is 33.0 Å². The van der Waals surface area contributed by atoms with E-state index in [0.717, 1.165) is 10.5 Å². The third-order valence-corrected chi connectivity index (χ3v) is 3.83. The van der Waals surface area contributed by atoms with Gasteiger partial charge in [0.2, 0.25) is 5.91 Å². The average molecular weight is 344 g/mol. The van der Waals surface area contributed by atoms with Gasteiger partial charge in [0.05, 0.1) is 28.8 Å². The molecule has 0 bridgehead atoms. The van der Waals surface area contributed by atoms with E-state index in [2.05, 4.69) is 0 Å². The number of aliphatic hydroxyl groups is 1. The molecular formula is C15H15Cl2NO4. The van der Waals surface area contributed by atoms with Crippen LogP contribution >= 0.6 is 23.2 Å². The van der Waals surface area contributed by atoms with E-state index in [1.54, 1.807) is 13.8 Å². The van der Waals surface area contributed by atoms with Crippen LogP contribution in [0.15, 0.2) is 23.3 Å². The van der Waals surface area contributed by atoms with Crippen molar-refractivity contribution >= 4 is 40.7 Å². The summed E-state index contributed by atoms with van der Waals surface area (Å²) in [4.78, 5) is 25.6. The van der Waals surface area contributed by atoms with Crippen LogP contribution < -0.4 is 9.64 Å². The molecular weight excluding hydrogens is 329 g/mol. The molecule has 22 heavy (non-hydrogen) atoms. The highest BCUT2D eigenvalue weighted by Gasteiger charge is 2.37. The summed E-state index contributed by atoms with van der Waals surface area (Å²) in [5.74, 6) is -0.484. The number of nitrogens with zero attached hydrogens (tertiary/aromatic N) is 1. The molecule has 1 saturated heterocycles. The maximum absolute atomic E-state index is 12.4. The summed E-state index contributed by atoms with van der Waals surface area (Å²) < 4.78 is 5.28. The zero-order valence-corrected chi connectivity index (χ0v) is 13.7. The number of amides is 2. The Hall–Kier alpha value is -1.56. The number of imide groups is 1. The molecule has 1 aromatic rings. The van der Waals surface area contributed by atoms with Crippen LogP contribution in [0.1, 0.15) is 20.3 Å². The van der Waals surface area contributed by atoms with Gasteiger partial charge in [0.25, 0.3) is 5.91 Å². The average Bonchev–Trinajstić information content (AvgIpc) is 2.74. The molecule has 0 aliphatic carbocycles. The van der Waals surface area contributed by atoms with E-state index >= 15 is 0 Å². The van der Waals surface area contributed by atoms with Gasteiger partial charge in [-0.3, -0.25) is 9.59 Å². The lowest BCUT2D eigenvalue weighted by Gasteiger charge is -2.17. The lowest BCUT2D eigenvalue weighted by Crippen LogP contribution is -2.29. The fourth-order valence-corrected chi connectivity index (χ4v) is 2.67. The maximum Gasteiger partial charge on any atom is 0.261 e. The predicted octanol–water partition coefficient (Wildman–Crippen LogP) is 2.96. The number of anilines is 1. The first-order valence-electron chi connectivity index (χ1n) is 6.63. The Morgan fingerprint density at radius 3 is 2.50 bits per heavy atom. The Bertz CT molecular complexity index is 666. The quantitative estimate of drug-likeness (QED) is 0.674. The second kappa shape index (κ2) is 6.69. The van der Waals surface area contributed by atoms with Crippen molar-refractivity contribution in [2.45, 2.75) is 20.3 Å². The Kier molecular flexibility index (Phi) is 5.11. The van der Waals surface area contributed by atoms with E-state index in [-0.39, 0.29) is 52.9 Å². The van der Waals surface area contributed by atoms with Gasteiger partial charge in [-0.2, -0.15) is 0 Å². The fraction of sp³-hybridized carbons (Fsp3) is 0.333.